The van der Waals surface area contributed by atoms with Crippen molar-refractivity contribution in [3.05, 3.63) is 66.2 Å². The SMILES string of the molecule is O=C(CN(Cc1ccccc1)c1ccccc1)NC1CCCCC1. The fourth-order valence-electron chi connectivity index (χ4n) is 3.37. The summed E-state index contributed by atoms with van der Waals surface area (Å²) in [6.07, 6.45) is 6.01. The third-order valence-corrected chi connectivity index (χ3v) is 4.64. The number of para-hydroxylation sites is 1. The normalized spacial score (nSPS) is 15.0. The van der Waals surface area contributed by atoms with Gasteiger partial charge in [-0.3, -0.25) is 4.79 Å². The lowest BCUT2D eigenvalue weighted by Crippen LogP contribution is -2.42. The topological polar surface area (TPSA) is 32.3 Å². The zero-order valence-corrected chi connectivity index (χ0v) is 14.2. The Balaban J connectivity index is 1.66. The molecule has 1 fully saturated rings. The van der Waals surface area contributed by atoms with E-state index >= 15 is 0 Å². The third kappa shape index (κ3) is 4.85. The minimum absolute atomic E-state index is 0.127. The molecular weight excluding hydrogens is 296 g/mol. The van der Waals surface area contributed by atoms with Crippen LogP contribution in [0.2, 0.25) is 0 Å². The van der Waals surface area contributed by atoms with E-state index in [0.29, 0.717) is 12.6 Å². The van der Waals surface area contributed by atoms with Gasteiger partial charge in [0.25, 0.3) is 0 Å². The maximum atomic E-state index is 12.5. The standard InChI is InChI=1S/C21H26N2O/c24-21(22-19-12-6-2-7-13-19)17-23(20-14-8-3-9-15-20)16-18-10-4-1-5-11-18/h1,3-5,8-11,14-15,19H,2,6-7,12-13,16-17H2,(H,22,24). The smallest absolute Gasteiger partial charge is 0.239 e. The molecule has 0 saturated heterocycles. The van der Waals surface area contributed by atoms with Gasteiger partial charge in [-0.05, 0) is 30.5 Å². The van der Waals surface area contributed by atoms with Crippen LogP contribution in [0.25, 0.3) is 0 Å². The molecule has 2 aromatic rings. The molecule has 3 nitrogen and oxygen atoms in total. The minimum Gasteiger partial charge on any atom is -0.358 e. The van der Waals surface area contributed by atoms with E-state index in [1.807, 2.05) is 36.4 Å². The van der Waals surface area contributed by atoms with Crippen LogP contribution in [-0.4, -0.2) is 18.5 Å². The zero-order chi connectivity index (χ0) is 16.6. The van der Waals surface area contributed by atoms with Crippen LogP contribution >= 0.6 is 0 Å². The van der Waals surface area contributed by atoms with E-state index in [1.165, 1.54) is 24.8 Å². The van der Waals surface area contributed by atoms with Gasteiger partial charge in [0.15, 0.2) is 0 Å². The summed E-state index contributed by atoms with van der Waals surface area (Å²) in [6.45, 7) is 1.14. The Bertz CT molecular complexity index is 621. The monoisotopic (exact) mass is 322 g/mol. The third-order valence-electron chi connectivity index (χ3n) is 4.64. The lowest BCUT2D eigenvalue weighted by atomic mass is 9.95. The molecule has 0 aliphatic heterocycles. The van der Waals surface area contributed by atoms with E-state index in [2.05, 4.69) is 34.5 Å². The van der Waals surface area contributed by atoms with E-state index in [4.69, 9.17) is 0 Å². The predicted molar refractivity (Wildman–Crippen MR) is 98.9 cm³/mol. The summed E-state index contributed by atoms with van der Waals surface area (Å²) in [4.78, 5) is 14.7. The van der Waals surface area contributed by atoms with Crippen molar-refractivity contribution in [2.24, 2.45) is 0 Å². The van der Waals surface area contributed by atoms with E-state index in [-0.39, 0.29) is 5.91 Å². The van der Waals surface area contributed by atoms with Gasteiger partial charge in [0.05, 0.1) is 6.54 Å². The van der Waals surface area contributed by atoms with Crippen molar-refractivity contribution < 1.29 is 4.79 Å². The van der Waals surface area contributed by atoms with E-state index in [1.54, 1.807) is 0 Å². The summed E-state index contributed by atoms with van der Waals surface area (Å²) in [5, 5.41) is 3.22. The molecule has 24 heavy (non-hydrogen) atoms. The predicted octanol–water partition coefficient (Wildman–Crippen LogP) is 4.14. The average Bonchev–Trinajstić information content (AvgIpc) is 2.63. The number of amides is 1. The lowest BCUT2D eigenvalue weighted by Gasteiger charge is -2.27. The van der Waals surface area contributed by atoms with Gasteiger partial charge >= 0.3 is 0 Å². The molecule has 3 heteroatoms. The van der Waals surface area contributed by atoms with E-state index < -0.39 is 0 Å². The number of rotatable bonds is 6. The fourth-order valence-corrected chi connectivity index (χ4v) is 3.37. The maximum Gasteiger partial charge on any atom is 0.239 e. The molecule has 1 N–H and O–H groups in total. The molecule has 0 heterocycles. The molecule has 0 radical (unpaired) electrons. The molecule has 3 rings (SSSR count). The Morgan fingerprint density at radius 3 is 2.21 bits per heavy atom. The highest BCUT2D eigenvalue weighted by Gasteiger charge is 2.18. The minimum atomic E-state index is 0.127. The maximum absolute atomic E-state index is 12.5. The van der Waals surface area contributed by atoms with E-state index in [9.17, 15) is 4.79 Å². The Morgan fingerprint density at radius 2 is 1.54 bits per heavy atom. The van der Waals surface area contributed by atoms with Gasteiger partial charge in [0.1, 0.15) is 0 Å². The highest BCUT2D eigenvalue weighted by molar-refractivity contribution is 5.81. The molecule has 1 aliphatic rings. The molecule has 1 saturated carbocycles. The second-order valence-corrected chi connectivity index (χ2v) is 6.58. The summed E-state index contributed by atoms with van der Waals surface area (Å²) >= 11 is 0. The van der Waals surface area contributed by atoms with Crippen molar-refractivity contribution in [1.29, 1.82) is 0 Å². The van der Waals surface area contributed by atoms with Gasteiger partial charge in [0, 0.05) is 18.3 Å². The van der Waals surface area contributed by atoms with Gasteiger partial charge in [-0.15, -0.1) is 0 Å². The molecule has 0 unspecified atom stereocenters. The molecule has 1 amide bonds. The fraction of sp³-hybridized carbons (Fsp3) is 0.381. The quantitative estimate of drug-likeness (QED) is 0.867. The summed E-state index contributed by atoms with van der Waals surface area (Å²) in [6, 6.07) is 20.9. The number of benzene rings is 2. The van der Waals surface area contributed by atoms with Crippen molar-refractivity contribution in [2.45, 2.75) is 44.7 Å². The van der Waals surface area contributed by atoms with Crippen LogP contribution in [-0.2, 0) is 11.3 Å². The Morgan fingerprint density at radius 1 is 0.917 bits per heavy atom. The van der Waals surface area contributed by atoms with Gasteiger partial charge < -0.3 is 10.2 Å². The molecule has 0 atom stereocenters. The highest BCUT2D eigenvalue weighted by Crippen LogP contribution is 2.19. The summed E-state index contributed by atoms with van der Waals surface area (Å²) in [5.41, 5.74) is 2.30. The van der Waals surface area contributed by atoms with Crippen molar-refractivity contribution in [3.63, 3.8) is 0 Å². The molecule has 0 bridgehead atoms. The summed E-state index contributed by atoms with van der Waals surface area (Å²) < 4.78 is 0. The van der Waals surface area contributed by atoms with Crippen LogP contribution < -0.4 is 10.2 Å². The largest absolute Gasteiger partial charge is 0.358 e. The molecule has 126 valence electrons. The number of nitrogens with one attached hydrogen (secondary N) is 1. The van der Waals surface area contributed by atoms with Crippen LogP contribution in [0.1, 0.15) is 37.7 Å². The number of nitrogens with zero attached hydrogens (tertiary/aromatic N) is 1. The molecular formula is C21H26N2O. The first-order valence-electron chi connectivity index (χ1n) is 8.94. The summed E-state index contributed by atoms with van der Waals surface area (Å²) in [7, 11) is 0. The van der Waals surface area contributed by atoms with Gasteiger partial charge in [-0.25, -0.2) is 0 Å². The highest BCUT2D eigenvalue weighted by atomic mass is 16.2. The number of anilines is 1. The molecule has 1 aliphatic carbocycles. The summed E-state index contributed by atoms with van der Waals surface area (Å²) in [5.74, 6) is 0.127. The lowest BCUT2D eigenvalue weighted by molar-refractivity contribution is -0.120. The van der Waals surface area contributed by atoms with E-state index in [0.717, 1.165) is 25.1 Å². The molecule has 0 spiro atoms. The van der Waals surface area contributed by atoms with Crippen molar-refractivity contribution >= 4 is 11.6 Å². The van der Waals surface area contributed by atoms with Crippen molar-refractivity contribution in [3.8, 4) is 0 Å². The molecule has 0 aromatic heterocycles. The first-order valence-corrected chi connectivity index (χ1v) is 8.94. The number of carbonyl (C=O) groups is 1. The average molecular weight is 322 g/mol. The Labute approximate surface area is 144 Å². The van der Waals surface area contributed by atoms with Gasteiger partial charge in [-0.1, -0.05) is 67.8 Å². The molecule has 2 aromatic carbocycles. The van der Waals surface area contributed by atoms with Crippen LogP contribution in [0.5, 0.6) is 0 Å². The van der Waals surface area contributed by atoms with Crippen molar-refractivity contribution in [1.82, 2.24) is 5.32 Å². The van der Waals surface area contributed by atoms with Gasteiger partial charge in [-0.2, -0.15) is 0 Å². The second kappa shape index (κ2) is 8.53. The van der Waals surface area contributed by atoms with Gasteiger partial charge in [0.2, 0.25) is 5.91 Å². The van der Waals surface area contributed by atoms with Crippen LogP contribution in [0.4, 0.5) is 5.69 Å². The zero-order valence-electron chi connectivity index (χ0n) is 14.2. The first kappa shape index (κ1) is 16.6. The Kier molecular flexibility index (Phi) is 5.89. The van der Waals surface area contributed by atoms with Crippen molar-refractivity contribution in [2.75, 3.05) is 11.4 Å². The number of hydrogen-bond acceptors (Lipinski definition) is 2. The van der Waals surface area contributed by atoms with Crippen LogP contribution in [0, 0.1) is 0 Å². The number of hydrogen-bond donors (Lipinski definition) is 1. The van der Waals surface area contributed by atoms with Crippen LogP contribution in [0.15, 0.2) is 60.7 Å². The first-order chi connectivity index (χ1) is 11.8. The number of carbonyl (C=O) groups excluding carboxylic acids is 1. The Hall–Kier alpha value is -2.29. The van der Waals surface area contributed by atoms with Crippen LogP contribution in [0.3, 0.4) is 0 Å². The second-order valence-electron chi connectivity index (χ2n) is 6.58.